The smallest absolute Gasteiger partial charge is 0.305 e. The summed E-state index contributed by atoms with van der Waals surface area (Å²) in [5.74, 6) is -1.21. The fourth-order valence-corrected chi connectivity index (χ4v) is 3.01. The number of amides is 1. The van der Waals surface area contributed by atoms with Crippen LogP contribution >= 0.6 is 0 Å². The monoisotopic (exact) mass is 381 g/mol. The van der Waals surface area contributed by atoms with Crippen LogP contribution in [-0.2, 0) is 17.9 Å². The van der Waals surface area contributed by atoms with Crippen LogP contribution in [0.15, 0.2) is 36.7 Å². The third-order valence-electron chi connectivity index (χ3n) is 4.49. The van der Waals surface area contributed by atoms with Gasteiger partial charge in [-0.1, -0.05) is 29.8 Å². The third-order valence-corrected chi connectivity index (χ3v) is 4.49. The number of hydrogen-bond donors (Lipinski definition) is 2. The Kier molecular flexibility index (Phi) is 5.58. The number of anilines is 1. The molecule has 0 radical (unpaired) electrons. The van der Waals surface area contributed by atoms with Crippen molar-refractivity contribution in [3.05, 3.63) is 64.7 Å². The topological polar surface area (TPSA) is 102 Å². The Bertz CT molecular complexity index is 1020. The lowest BCUT2D eigenvalue weighted by Crippen LogP contribution is -2.13. The largest absolute Gasteiger partial charge is 0.481 e. The zero-order valence-corrected chi connectivity index (χ0v) is 16.1. The number of benzene rings is 1. The van der Waals surface area contributed by atoms with E-state index in [9.17, 15) is 9.59 Å². The van der Waals surface area contributed by atoms with E-state index in [1.165, 1.54) is 16.4 Å². The Balaban J connectivity index is 1.73. The first-order valence-electron chi connectivity index (χ1n) is 8.98. The highest BCUT2D eigenvalue weighted by Crippen LogP contribution is 2.21. The predicted molar refractivity (Wildman–Crippen MR) is 104 cm³/mol. The molecule has 2 heterocycles. The van der Waals surface area contributed by atoms with Gasteiger partial charge in [0.1, 0.15) is 0 Å². The minimum atomic E-state index is -0.909. The number of carboxylic acid groups (broad SMARTS) is 1. The maximum atomic E-state index is 12.6. The highest BCUT2D eigenvalue weighted by Gasteiger charge is 2.17. The summed E-state index contributed by atoms with van der Waals surface area (Å²) in [7, 11) is 0. The second-order valence-corrected chi connectivity index (χ2v) is 6.78. The van der Waals surface area contributed by atoms with Gasteiger partial charge in [0.15, 0.2) is 0 Å². The number of carbonyl (C=O) groups is 2. The average molecular weight is 381 g/mol. The fraction of sp³-hybridized carbons (Fsp3) is 0.300. The second-order valence-electron chi connectivity index (χ2n) is 6.78. The van der Waals surface area contributed by atoms with Crippen molar-refractivity contribution >= 4 is 17.6 Å². The summed E-state index contributed by atoms with van der Waals surface area (Å²) in [6, 6.07) is 8.22. The Hall–Kier alpha value is -3.42. The Labute approximate surface area is 162 Å². The van der Waals surface area contributed by atoms with Gasteiger partial charge in [0, 0.05) is 6.20 Å². The van der Waals surface area contributed by atoms with Crippen LogP contribution < -0.4 is 5.32 Å². The summed E-state index contributed by atoms with van der Waals surface area (Å²) >= 11 is 0. The van der Waals surface area contributed by atoms with Gasteiger partial charge in [0.25, 0.3) is 5.91 Å². The van der Waals surface area contributed by atoms with Crippen LogP contribution in [0.2, 0.25) is 0 Å². The minimum Gasteiger partial charge on any atom is -0.481 e. The van der Waals surface area contributed by atoms with Gasteiger partial charge >= 0.3 is 5.97 Å². The van der Waals surface area contributed by atoms with E-state index < -0.39 is 5.97 Å². The Morgan fingerprint density at radius 2 is 2.00 bits per heavy atom. The molecule has 0 bridgehead atoms. The summed E-state index contributed by atoms with van der Waals surface area (Å²) < 4.78 is 3.32. The Morgan fingerprint density at radius 1 is 1.21 bits per heavy atom. The lowest BCUT2D eigenvalue weighted by Gasteiger charge is -2.07. The molecule has 2 aromatic heterocycles. The molecule has 146 valence electrons. The molecule has 0 saturated carbocycles. The number of hydrogen-bond acceptors (Lipinski definition) is 4. The van der Waals surface area contributed by atoms with Gasteiger partial charge < -0.3 is 10.4 Å². The van der Waals surface area contributed by atoms with E-state index in [1.54, 1.807) is 6.20 Å². The number of carboxylic acids is 1. The van der Waals surface area contributed by atoms with Crippen LogP contribution in [0.4, 0.5) is 5.69 Å². The SMILES string of the molecule is Cc1cccc(Cn2nc(C)c(NC(=O)c3cnn(CCC(=O)O)c3)c2C)c1. The van der Waals surface area contributed by atoms with Crippen molar-refractivity contribution in [2.45, 2.75) is 40.3 Å². The summed E-state index contributed by atoms with van der Waals surface area (Å²) in [6.07, 6.45) is 2.92. The summed E-state index contributed by atoms with van der Waals surface area (Å²) in [5, 5.41) is 20.2. The zero-order chi connectivity index (χ0) is 20.3. The lowest BCUT2D eigenvalue weighted by atomic mass is 10.1. The summed E-state index contributed by atoms with van der Waals surface area (Å²) in [6.45, 7) is 6.66. The van der Waals surface area contributed by atoms with E-state index in [1.807, 2.05) is 43.7 Å². The molecule has 3 rings (SSSR count). The van der Waals surface area contributed by atoms with Crippen molar-refractivity contribution in [1.82, 2.24) is 19.6 Å². The van der Waals surface area contributed by atoms with E-state index in [2.05, 4.69) is 21.6 Å². The standard InChI is InChI=1S/C20H23N5O3/c1-13-5-4-6-16(9-13)11-25-15(3)19(14(2)23-25)22-20(28)17-10-21-24(12-17)8-7-18(26)27/h4-6,9-10,12H,7-8,11H2,1-3H3,(H,22,28)(H,26,27). The molecule has 0 unspecified atom stereocenters. The molecule has 3 aromatic rings. The van der Waals surface area contributed by atoms with Crippen molar-refractivity contribution < 1.29 is 14.7 Å². The number of aliphatic carboxylic acids is 1. The van der Waals surface area contributed by atoms with Crippen LogP contribution in [0.25, 0.3) is 0 Å². The summed E-state index contributed by atoms with van der Waals surface area (Å²) in [4.78, 5) is 23.2. The first kappa shape index (κ1) is 19.3. The van der Waals surface area contributed by atoms with Gasteiger partial charge in [-0.2, -0.15) is 10.2 Å². The van der Waals surface area contributed by atoms with E-state index in [0.717, 1.165) is 17.0 Å². The zero-order valence-electron chi connectivity index (χ0n) is 16.1. The molecule has 1 aromatic carbocycles. The molecule has 0 spiro atoms. The number of aryl methyl sites for hydroxylation is 3. The highest BCUT2D eigenvalue weighted by molar-refractivity contribution is 6.04. The van der Waals surface area contributed by atoms with E-state index in [0.29, 0.717) is 17.8 Å². The van der Waals surface area contributed by atoms with Crippen molar-refractivity contribution in [3.63, 3.8) is 0 Å². The van der Waals surface area contributed by atoms with E-state index in [4.69, 9.17) is 5.11 Å². The Morgan fingerprint density at radius 3 is 2.71 bits per heavy atom. The van der Waals surface area contributed by atoms with Crippen molar-refractivity contribution in [1.29, 1.82) is 0 Å². The minimum absolute atomic E-state index is 0.0489. The van der Waals surface area contributed by atoms with Gasteiger partial charge in [-0.15, -0.1) is 0 Å². The average Bonchev–Trinajstić information content (AvgIpc) is 3.21. The molecule has 0 fully saturated rings. The molecule has 0 saturated heterocycles. The van der Waals surface area contributed by atoms with Crippen molar-refractivity contribution in [3.8, 4) is 0 Å². The van der Waals surface area contributed by atoms with Crippen LogP contribution in [-0.4, -0.2) is 36.5 Å². The molecule has 0 aliphatic heterocycles. The first-order chi connectivity index (χ1) is 13.3. The fourth-order valence-electron chi connectivity index (χ4n) is 3.01. The predicted octanol–water partition coefficient (Wildman–Crippen LogP) is 2.78. The van der Waals surface area contributed by atoms with Crippen molar-refractivity contribution in [2.24, 2.45) is 0 Å². The molecular weight excluding hydrogens is 358 g/mol. The van der Waals surface area contributed by atoms with Crippen LogP contribution in [0.5, 0.6) is 0 Å². The number of rotatable bonds is 7. The second kappa shape index (κ2) is 8.08. The molecule has 8 heteroatoms. The van der Waals surface area contributed by atoms with Crippen LogP contribution in [0, 0.1) is 20.8 Å². The maximum Gasteiger partial charge on any atom is 0.305 e. The van der Waals surface area contributed by atoms with Crippen LogP contribution in [0.1, 0.15) is 39.3 Å². The quantitative estimate of drug-likeness (QED) is 0.655. The molecule has 1 amide bonds. The first-order valence-corrected chi connectivity index (χ1v) is 8.98. The number of aromatic nitrogens is 4. The molecular formula is C20H23N5O3. The van der Waals surface area contributed by atoms with E-state index in [-0.39, 0.29) is 18.9 Å². The molecule has 0 aliphatic carbocycles. The maximum absolute atomic E-state index is 12.6. The van der Waals surface area contributed by atoms with Gasteiger partial charge in [-0.05, 0) is 26.3 Å². The highest BCUT2D eigenvalue weighted by atomic mass is 16.4. The lowest BCUT2D eigenvalue weighted by molar-refractivity contribution is -0.137. The normalized spacial score (nSPS) is 10.8. The number of nitrogens with one attached hydrogen (secondary N) is 1. The molecule has 8 nitrogen and oxygen atoms in total. The van der Waals surface area contributed by atoms with Gasteiger partial charge in [0.05, 0.1) is 48.3 Å². The molecule has 0 aliphatic rings. The third kappa shape index (κ3) is 4.46. The van der Waals surface area contributed by atoms with Crippen LogP contribution in [0.3, 0.4) is 0 Å². The van der Waals surface area contributed by atoms with Gasteiger partial charge in [-0.25, -0.2) is 0 Å². The van der Waals surface area contributed by atoms with Gasteiger partial charge in [0.2, 0.25) is 0 Å². The molecule has 0 atom stereocenters. The molecule has 28 heavy (non-hydrogen) atoms. The number of nitrogens with zero attached hydrogens (tertiary/aromatic N) is 4. The summed E-state index contributed by atoms with van der Waals surface area (Å²) in [5.41, 5.74) is 4.98. The van der Waals surface area contributed by atoms with Gasteiger partial charge in [-0.3, -0.25) is 19.0 Å². The van der Waals surface area contributed by atoms with E-state index >= 15 is 0 Å². The number of carbonyl (C=O) groups excluding carboxylic acids is 1. The molecule has 2 N–H and O–H groups in total. The van der Waals surface area contributed by atoms with Crippen molar-refractivity contribution in [2.75, 3.05) is 5.32 Å².